The van der Waals surface area contributed by atoms with Crippen molar-refractivity contribution in [1.29, 1.82) is 0 Å². The molecular weight excluding hydrogens is 436 g/mol. The minimum Gasteiger partial charge on any atom is -0.454 e. The lowest BCUT2D eigenvalue weighted by atomic mass is 10.0. The number of fused-ring (bicyclic) bond motifs is 1. The molecule has 3 aliphatic heterocycles. The Morgan fingerprint density at radius 2 is 1.76 bits per heavy atom. The quantitative estimate of drug-likeness (QED) is 0.635. The minimum absolute atomic E-state index is 0.273. The number of piperidine rings is 2. The fourth-order valence-electron chi connectivity index (χ4n) is 4.70. The smallest absolute Gasteiger partial charge is 0.232 e. The van der Waals surface area contributed by atoms with E-state index in [1.807, 2.05) is 18.2 Å². The van der Waals surface area contributed by atoms with Gasteiger partial charge in [0.15, 0.2) is 16.6 Å². The molecule has 176 valence electrons. The normalized spacial score (nSPS) is 20.0. The molecule has 3 aliphatic rings. The van der Waals surface area contributed by atoms with Gasteiger partial charge >= 0.3 is 0 Å². The topological polar surface area (TPSA) is 74.8 Å². The first-order valence-electron chi connectivity index (χ1n) is 12.0. The van der Waals surface area contributed by atoms with E-state index in [-0.39, 0.29) is 6.79 Å². The Morgan fingerprint density at radius 3 is 2.58 bits per heavy atom. The van der Waals surface area contributed by atoms with E-state index in [1.165, 1.54) is 32.1 Å². The molecule has 33 heavy (non-hydrogen) atoms. The molecule has 8 nitrogen and oxygen atoms in total. The highest BCUT2D eigenvalue weighted by Crippen LogP contribution is 2.32. The van der Waals surface area contributed by atoms with Crippen LogP contribution in [0.1, 0.15) is 44.6 Å². The summed E-state index contributed by atoms with van der Waals surface area (Å²) in [4.78, 5) is 14.4. The van der Waals surface area contributed by atoms with Gasteiger partial charge in [-0.05, 0) is 67.9 Å². The van der Waals surface area contributed by atoms with Crippen LogP contribution in [0.4, 0.5) is 17.6 Å². The van der Waals surface area contributed by atoms with Crippen LogP contribution in [0.15, 0.2) is 24.3 Å². The highest BCUT2D eigenvalue weighted by molar-refractivity contribution is 7.80. The largest absolute Gasteiger partial charge is 0.454 e. The number of thiocarbonyl (C=S) groups is 1. The number of nitrogens with zero attached hydrogens (tertiary/aromatic N) is 4. The van der Waals surface area contributed by atoms with Crippen molar-refractivity contribution in [1.82, 2.24) is 15.3 Å². The number of nitrogens with one attached hydrogen (secondary N) is 2. The molecule has 2 fully saturated rings. The van der Waals surface area contributed by atoms with Gasteiger partial charge in [0.2, 0.25) is 12.7 Å². The summed E-state index contributed by atoms with van der Waals surface area (Å²) in [5, 5.41) is 6.99. The number of ether oxygens (including phenoxy) is 2. The van der Waals surface area contributed by atoms with Crippen LogP contribution in [0.3, 0.4) is 0 Å². The molecule has 1 aromatic heterocycles. The summed E-state index contributed by atoms with van der Waals surface area (Å²) in [7, 11) is 0. The second-order valence-corrected chi connectivity index (χ2v) is 9.55. The van der Waals surface area contributed by atoms with Gasteiger partial charge < -0.3 is 29.9 Å². The number of hydrogen-bond acceptors (Lipinski definition) is 7. The Balaban J connectivity index is 1.29. The van der Waals surface area contributed by atoms with Gasteiger partial charge in [0.05, 0.1) is 0 Å². The molecule has 0 spiro atoms. The molecule has 2 aromatic rings. The first-order chi connectivity index (χ1) is 16.1. The predicted molar refractivity (Wildman–Crippen MR) is 134 cm³/mol. The first-order valence-corrected chi connectivity index (χ1v) is 12.4. The second-order valence-electron chi connectivity index (χ2n) is 9.14. The molecule has 0 aliphatic carbocycles. The fraction of sp³-hybridized carbons (Fsp3) is 0.542. The van der Waals surface area contributed by atoms with E-state index in [4.69, 9.17) is 31.7 Å². The standard InChI is InChI=1S/C24H32N6O2S/c1-17-6-5-11-30(15-17)22-13-21(29-9-3-2-4-10-29)26-23(27-22)28-24(33)25-14-18-7-8-19-20(12-18)32-16-31-19/h7-8,12-13,17H,2-6,9-11,14-16H2,1H3,(H2,25,26,27,28,33). The van der Waals surface area contributed by atoms with Crippen molar-refractivity contribution in [3.8, 4) is 11.5 Å². The molecule has 0 saturated carbocycles. The van der Waals surface area contributed by atoms with Gasteiger partial charge in [-0.15, -0.1) is 0 Å². The molecule has 1 unspecified atom stereocenters. The Hall–Kier alpha value is -2.81. The van der Waals surface area contributed by atoms with Crippen LogP contribution in [0, 0.1) is 5.92 Å². The average Bonchev–Trinajstić information content (AvgIpc) is 3.31. The lowest BCUT2D eigenvalue weighted by Crippen LogP contribution is -2.36. The summed E-state index contributed by atoms with van der Waals surface area (Å²) in [6.45, 7) is 7.31. The zero-order valence-corrected chi connectivity index (χ0v) is 20.0. The molecule has 2 N–H and O–H groups in total. The third-order valence-corrected chi connectivity index (χ3v) is 6.72. The van der Waals surface area contributed by atoms with Gasteiger partial charge in [0.1, 0.15) is 11.6 Å². The molecule has 1 aromatic carbocycles. The van der Waals surface area contributed by atoms with Crippen molar-refractivity contribution >= 4 is 34.9 Å². The van der Waals surface area contributed by atoms with Crippen LogP contribution in [0.2, 0.25) is 0 Å². The van der Waals surface area contributed by atoms with Crippen LogP contribution >= 0.6 is 12.2 Å². The van der Waals surface area contributed by atoms with Gasteiger partial charge in [0.25, 0.3) is 0 Å². The Bertz CT molecular complexity index is 997. The van der Waals surface area contributed by atoms with E-state index >= 15 is 0 Å². The Morgan fingerprint density at radius 1 is 1.00 bits per heavy atom. The summed E-state index contributed by atoms with van der Waals surface area (Å²) in [6, 6.07) is 8.05. The number of hydrogen-bond donors (Lipinski definition) is 2. The molecule has 4 heterocycles. The van der Waals surface area contributed by atoms with Crippen molar-refractivity contribution in [3.63, 3.8) is 0 Å². The van der Waals surface area contributed by atoms with Gasteiger partial charge in [0, 0.05) is 38.8 Å². The zero-order valence-electron chi connectivity index (χ0n) is 19.2. The van der Waals surface area contributed by atoms with Crippen molar-refractivity contribution in [2.24, 2.45) is 5.92 Å². The van der Waals surface area contributed by atoms with E-state index in [9.17, 15) is 0 Å². The Kier molecular flexibility index (Phi) is 6.66. The minimum atomic E-state index is 0.273. The monoisotopic (exact) mass is 468 g/mol. The van der Waals surface area contributed by atoms with Crippen molar-refractivity contribution in [2.45, 2.75) is 45.6 Å². The Labute approximate surface area is 200 Å². The van der Waals surface area contributed by atoms with Gasteiger partial charge in [-0.25, -0.2) is 0 Å². The highest BCUT2D eigenvalue weighted by atomic mass is 32.1. The summed E-state index contributed by atoms with van der Waals surface area (Å²) in [5.74, 6) is 4.74. The zero-order chi connectivity index (χ0) is 22.6. The number of benzene rings is 1. The lowest BCUT2D eigenvalue weighted by Gasteiger charge is -2.33. The van der Waals surface area contributed by atoms with E-state index in [1.54, 1.807) is 0 Å². The summed E-state index contributed by atoms with van der Waals surface area (Å²) in [5.41, 5.74) is 1.06. The molecule has 9 heteroatoms. The van der Waals surface area contributed by atoms with Crippen molar-refractivity contribution < 1.29 is 9.47 Å². The molecule has 2 saturated heterocycles. The summed E-state index contributed by atoms with van der Waals surface area (Å²) < 4.78 is 10.8. The highest BCUT2D eigenvalue weighted by Gasteiger charge is 2.21. The molecule has 5 rings (SSSR count). The third kappa shape index (κ3) is 5.40. The maximum Gasteiger partial charge on any atom is 0.232 e. The first kappa shape index (κ1) is 22.0. The van der Waals surface area contributed by atoms with Crippen molar-refractivity contribution in [2.75, 3.05) is 48.1 Å². The number of aromatic nitrogens is 2. The molecular formula is C24H32N6O2S. The SMILES string of the molecule is CC1CCCN(c2cc(N3CCCCC3)nc(NC(=S)NCc3ccc4c(c3)OCO4)n2)C1. The van der Waals surface area contributed by atoms with Gasteiger partial charge in [-0.3, -0.25) is 0 Å². The van der Waals surface area contributed by atoms with Gasteiger partial charge in [-0.1, -0.05) is 13.0 Å². The third-order valence-electron chi connectivity index (χ3n) is 6.48. The molecule has 0 radical (unpaired) electrons. The molecule has 0 amide bonds. The molecule has 0 bridgehead atoms. The van der Waals surface area contributed by atoms with Crippen LogP contribution in [-0.2, 0) is 6.54 Å². The van der Waals surface area contributed by atoms with Crippen molar-refractivity contribution in [3.05, 3.63) is 29.8 Å². The second kappa shape index (κ2) is 9.99. The lowest BCUT2D eigenvalue weighted by molar-refractivity contribution is 0.174. The number of anilines is 3. The van der Waals surface area contributed by atoms with Crippen LogP contribution < -0.4 is 29.9 Å². The fourth-order valence-corrected chi connectivity index (χ4v) is 4.86. The summed E-state index contributed by atoms with van der Waals surface area (Å²) in [6.07, 6.45) is 6.18. The van der Waals surface area contributed by atoms with Gasteiger partial charge in [-0.2, -0.15) is 9.97 Å². The van der Waals surface area contributed by atoms with Crippen LogP contribution in [0.5, 0.6) is 11.5 Å². The molecule has 1 atom stereocenters. The van der Waals surface area contributed by atoms with Crippen LogP contribution in [0.25, 0.3) is 0 Å². The van der Waals surface area contributed by atoms with E-state index in [0.717, 1.165) is 54.9 Å². The van der Waals surface area contributed by atoms with E-state index in [2.05, 4.69) is 33.4 Å². The maximum absolute atomic E-state index is 5.57. The number of rotatable bonds is 5. The predicted octanol–water partition coefficient (Wildman–Crippen LogP) is 3.92. The maximum atomic E-state index is 5.57. The summed E-state index contributed by atoms with van der Waals surface area (Å²) >= 11 is 5.57. The van der Waals surface area contributed by atoms with E-state index < -0.39 is 0 Å². The van der Waals surface area contributed by atoms with Crippen LogP contribution in [-0.4, -0.2) is 48.1 Å². The average molecular weight is 469 g/mol. The van der Waals surface area contributed by atoms with E-state index in [0.29, 0.717) is 23.5 Å².